The summed E-state index contributed by atoms with van der Waals surface area (Å²) in [5.74, 6) is -5.94. The molecule has 2 heterocycles. The highest BCUT2D eigenvalue weighted by atomic mass is 19.4. The van der Waals surface area contributed by atoms with Gasteiger partial charge in [0.05, 0.1) is 12.7 Å². The number of nitro groups is 1. The lowest BCUT2D eigenvalue weighted by Crippen LogP contribution is -2.56. The highest BCUT2D eigenvalue weighted by Gasteiger charge is 2.45. The van der Waals surface area contributed by atoms with Crippen molar-refractivity contribution in [3.05, 3.63) is 22.1 Å². The molecule has 2 atom stereocenters. The molecule has 0 saturated carbocycles. The summed E-state index contributed by atoms with van der Waals surface area (Å²) in [6.45, 7) is -0.847. The molecule has 1 aliphatic heterocycles. The van der Waals surface area contributed by atoms with Crippen LogP contribution in [0.1, 0.15) is 12.2 Å². The molecule has 13 heteroatoms. The molecule has 3 N–H and O–H groups in total. The van der Waals surface area contributed by atoms with Crippen LogP contribution >= 0.6 is 0 Å². The Balaban J connectivity index is 2.22. The number of rotatable bonds is 5. The molecule has 0 aliphatic carbocycles. The van der Waals surface area contributed by atoms with Crippen LogP contribution in [0.15, 0.2) is 6.20 Å². The van der Waals surface area contributed by atoms with Crippen LogP contribution in [0.2, 0.25) is 0 Å². The van der Waals surface area contributed by atoms with Gasteiger partial charge in [0.15, 0.2) is 0 Å². The fourth-order valence-corrected chi connectivity index (χ4v) is 2.25. The highest BCUT2D eigenvalue weighted by molar-refractivity contribution is 5.83. The first-order chi connectivity index (χ1) is 11.0. The van der Waals surface area contributed by atoms with Crippen LogP contribution in [0.25, 0.3) is 0 Å². The molecule has 2 rings (SSSR count). The molecule has 1 aliphatic rings. The van der Waals surface area contributed by atoms with Gasteiger partial charge in [-0.15, -0.1) is 0 Å². The number of aliphatic hydroxyl groups is 2. The minimum Gasteiger partial charge on any atom is -0.389 e. The van der Waals surface area contributed by atoms with Crippen molar-refractivity contribution >= 4 is 11.7 Å². The molecule has 1 aromatic rings. The number of nitrogens with one attached hydrogen (secondary N) is 1. The Morgan fingerprint density at radius 1 is 1.58 bits per heavy atom. The van der Waals surface area contributed by atoms with Crippen molar-refractivity contribution in [2.45, 2.75) is 31.0 Å². The van der Waals surface area contributed by atoms with Crippen LogP contribution in [-0.2, 0) is 22.3 Å². The monoisotopic (exact) mass is 354 g/mol. The van der Waals surface area contributed by atoms with E-state index in [1.54, 1.807) is 0 Å². The summed E-state index contributed by atoms with van der Waals surface area (Å²) in [4.78, 5) is 24.2. The summed E-state index contributed by atoms with van der Waals surface area (Å²) in [6, 6.07) is 0. The lowest BCUT2D eigenvalue weighted by Gasteiger charge is -2.32. The van der Waals surface area contributed by atoms with Crippen molar-refractivity contribution in [1.82, 2.24) is 14.9 Å². The van der Waals surface area contributed by atoms with Crippen molar-refractivity contribution in [2.75, 3.05) is 13.2 Å². The van der Waals surface area contributed by atoms with E-state index in [0.717, 1.165) is 0 Å². The van der Waals surface area contributed by atoms with Crippen LogP contribution in [0.5, 0.6) is 0 Å². The number of ether oxygens (including phenoxy) is 1. The van der Waals surface area contributed by atoms with Crippen LogP contribution < -0.4 is 5.32 Å². The second-order valence-corrected chi connectivity index (χ2v) is 5.05. The average molecular weight is 354 g/mol. The molecule has 10 nitrogen and oxygen atoms in total. The SMILES string of the molecule is O=C1NCCOC1(O)CC(O)Cn1c([N+](=O)[O-])cnc1C(F)(F)F. The number of aliphatic hydroxyl groups excluding tert-OH is 1. The number of alkyl halides is 3. The van der Waals surface area contributed by atoms with Gasteiger partial charge in [0.1, 0.15) is 12.7 Å². The predicted octanol–water partition coefficient (Wildman–Crippen LogP) is -0.604. The lowest BCUT2D eigenvalue weighted by atomic mass is 10.1. The third-order valence-electron chi connectivity index (χ3n) is 3.26. The fraction of sp³-hybridized carbons (Fsp3) is 0.636. The quantitative estimate of drug-likeness (QED) is 0.474. The van der Waals surface area contributed by atoms with Crippen molar-refractivity contribution in [2.24, 2.45) is 0 Å². The van der Waals surface area contributed by atoms with Gasteiger partial charge in [-0.1, -0.05) is 0 Å². The van der Waals surface area contributed by atoms with Gasteiger partial charge in [0.2, 0.25) is 5.79 Å². The Kier molecular flexibility index (Phi) is 4.77. The normalized spacial score (nSPS) is 23.0. The molecular weight excluding hydrogens is 341 g/mol. The Morgan fingerprint density at radius 3 is 2.79 bits per heavy atom. The summed E-state index contributed by atoms with van der Waals surface area (Å²) in [5, 5.41) is 32.9. The van der Waals surface area contributed by atoms with Gasteiger partial charge >= 0.3 is 17.8 Å². The summed E-state index contributed by atoms with van der Waals surface area (Å²) < 4.78 is 43.5. The number of hydrogen-bond donors (Lipinski definition) is 3. The molecule has 0 spiro atoms. The van der Waals surface area contributed by atoms with Crippen molar-refractivity contribution < 1.29 is 37.8 Å². The van der Waals surface area contributed by atoms with Crippen LogP contribution in [0, 0.1) is 10.1 Å². The fourth-order valence-electron chi connectivity index (χ4n) is 2.25. The molecule has 0 bridgehead atoms. The third kappa shape index (κ3) is 3.63. The lowest BCUT2D eigenvalue weighted by molar-refractivity contribution is -0.392. The zero-order valence-electron chi connectivity index (χ0n) is 12.0. The van der Waals surface area contributed by atoms with E-state index < -0.39 is 53.5 Å². The van der Waals surface area contributed by atoms with Crippen molar-refractivity contribution in [1.29, 1.82) is 0 Å². The van der Waals surface area contributed by atoms with E-state index in [1.807, 2.05) is 0 Å². The first-order valence-electron chi connectivity index (χ1n) is 6.64. The maximum atomic E-state index is 12.8. The third-order valence-corrected chi connectivity index (χ3v) is 3.26. The minimum absolute atomic E-state index is 0.0615. The Morgan fingerprint density at radius 2 is 2.25 bits per heavy atom. The average Bonchev–Trinajstić information content (AvgIpc) is 2.85. The second-order valence-electron chi connectivity index (χ2n) is 5.05. The number of imidazole rings is 1. The summed E-state index contributed by atoms with van der Waals surface area (Å²) >= 11 is 0. The van der Waals surface area contributed by atoms with Gasteiger partial charge in [0, 0.05) is 13.0 Å². The largest absolute Gasteiger partial charge is 0.473 e. The smallest absolute Gasteiger partial charge is 0.389 e. The molecule has 134 valence electrons. The van der Waals surface area contributed by atoms with Gasteiger partial charge in [0.25, 0.3) is 5.91 Å². The first-order valence-corrected chi connectivity index (χ1v) is 6.64. The topological polar surface area (TPSA) is 140 Å². The van der Waals surface area contributed by atoms with Crippen LogP contribution in [-0.4, -0.2) is 55.6 Å². The van der Waals surface area contributed by atoms with Gasteiger partial charge < -0.3 is 30.4 Å². The Bertz CT molecular complexity index is 648. The van der Waals surface area contributed by atoms with Gasteiger partial charge in [-0.25, -0.2) is 4.98 Å². The van der Waals surface area contributed by atoms with E-state index >= 15 is 0 Å². The maximum absolute atomic E-state index is 12.8. The van der Waals surface area contributed by atoms with Crippen molar-refractivity contribution in [3.8, 4) is 0 Å². The standard InChI is InChI=1S/C11H13F3N4O6/c12-11(13,14)8-16-4-7(18(22)23)17(8)5-6(19)3-10(21)9(20)15-1-2-24-10/h4,6,19,21H,1-3,5H2,(H,15,20). The van der Waals surface area contributed by atoms with E-state index in [-0.39, 0.29) is 17.7 Å². The van der Waals surface area contributed by atoms with E-state index in [9.17, 15) is 38.3 Å². The van der Waals surface area contributed by atoms with E-state index in [2.05, 4.69) is 10.3 Å². The van der Waals surface area contributed by atoms with Gasteiger partial charge in [-0.3, -0.25) is 4.79 Å². The highest BCUT2D eigenvalue weighted by Crippen LogP contribution is 2.31. The number of morpholine rings is 1. The van der Waals surface area contributed by atoms with Crippen LogP contribution in [0.3, 0.4) is 0 Å². The van der Waals surface area contributed by atoms with Gasteiger partial charge in [-0.05, 0) is 4.92 Å². The zero-order valence-corrected chi connectivity index (χ0v) is 12.0. The minimum atomic E-state index is -4.98. The maximum Gasteiger partial charge on any atom is 0.473 e. The van der Waals surface area contributed by atoms with Crippen LogP contribution in [0.4, 0.5) is 19.0 Å². The summed E-state index contributed by atoms with van der Waals surface area (Å²) in [7, 11) is 0. The van der Waals surface area contributed by atoms with E-state index in [1.165, 1.54) is 0 Å². The molecular formula is C11H13F3N4O6. The predicted molar refractivity (Wildman–Crippen MR) is 68.4 cm³/mol. The zero-order chi connectivity index (χ0) is 18.1. The van der Waals surface area contributed by atoms with E-state index in [4.69, 9.17) is 4.74 Å². The number of hydrogen-bond acceptors (Lipinski definition) is 7. The molecule has 1 amide bonds. The molecule has 1 aromatic heterocycles. The molecule has 24 heavy (non-hydrogen) atoms. The molecule has 1 saturated heterocycles. The summed E-state index contributed by atoms with van der Waals surface area (Å²) in [6.07, 6.45) is -7.09. The van der Waals surface area contributed by atoms with E-state index in [0.29, 0.717) is 6.20 Å². The van der Waals surface area contributed by atoms with Crippen molar-refractivity contribution in [3.63, 3.8) is 0 Å². The second kappa shape index (κ2) is 6.33. The number of nitrogens with zero attached hydrogens (tertiary/aromatic N) is 3. The molecule has 0 radical (unpaired) electrons. The van der Waals surface area contributed by atoms with Gasteiger partial charge in [-0.2, -0.15) is 17.7 Å². The summed E-state index contributed by atoms with van der Waals surface area (Å²) in [5.41, 5.74) is 0. The number of carbonyl (C=O) groups excluding carboxylic acids is 1. The Labute approximate surface area is 132 Å². The number of amides is 1. The molecule has 1 fully saturated rings. The number of halogens is 3. The Hall–Kier alpha value is -2.25. The number of aromatic nitrogens is 2. The molecule has 0 aromatic carbocycles. The molecule has 2 unspecified atom stereocenters. The first kappa shape index (κ1) is 18.1. The number of carbonyl (C=O) groups is 1.